The predicted molar refractivity (Wildman–Crippen MR) is 88.4 cm³/mol. The van der Waals surface area contributed by atoms with Crippen molar-refractivity contribution in [2.45, 2.75) is 38.6 Å². The highest BCUT2D eigenvalue weighted by Gasteiger charge is 2.43. The van der Waals surface area contributed by atoms with Gasteiger partial charge >= 0.3 is 6.03 Å². The molecule has 0 radical (unpaired) electrons. The van der Waals surface area contributed by atoms with E-state index in [2.05, 4.69) is 21.9 Å². The predicted octanol–water partition coefficient (Wildman–Crippen LogP) is 1.17. The monoisotopic (exact) mass is 328 g/mol. The van der Waals surface area contributed by atoms with Gasteiger partial charge in [-0.1, -0.05) is 24.3 Å². The van der Waals surface area contributed by atoms with Crippen LogP contribution in [0, 0.1) is 0 Å². The highest BCUT2D eigenvalue weighted by atomic mass is 16.2. The molecule has 24 heavy (non-hydrogen) atoms. The van der Waals surface area contributed by atoms with Crippen LogP contribution in [0.4, 0.5) is 4.79 Å². The van der Waals surface area contributed by atoms with Crippen molar-refractivity contribution >= 4 is 23.6 Å². The summed E-state index contributed by atoms with van der Waals surface area (Å²) in [4.78, 5) is 36.8. The third kappa shape index (κ3) is 3.02. The van der Waals surface area contributed by atoms with Crippen LogP contribution in [0.3, 0.4) is 0 Å². The number of carbonyl (C=O) groups excluding carboxylic acids is 3. The van der Waals surface area contributed by atoms with Crippen molar-refractivity contribution in [1.82, 2.24) is 15.6 Å². The van der Waals surface area contributed by atoms with Crippen LogP contribution in [0.2, 0.25) is 0 Å². The Kier molecular flexibility index (Phi) is 4.09. The Balaban J connectivity index is 1.55. The van der Waals surface area contributed by atoms with Gasteiger partial charge in [0.2, 0.25) is 5.91 Å². The van der Waals surface area contributed by atoms with Gasteiger partial charge in [0.25, 0.3) is 5.91 Å². The van der Waals surface area contributed by atoms with Gasteiger partial charge < -0.3 is 5.32 Å². The number of nitrogens with one attached hydrogen (secondary N) is 2. The molecule has 4 amide bonds. The number of imide groups is 1. The van der Waals surface area contributed by atoms with Gasteiger partial charge in [-0.15, -0.1) is 0 Å². The fraction of sp³-hybridized carbons (Fsp3) is 0.412. The molecule has 1 aliphatic heterocycles. The van der Waals surface area contributed by atoms with Gasteiger partial charge in [-0.3, -0.25) is 14.5 Å². The summed E-state index contributed by atoms with van der Waals surface area (Å²) in [6.07, 6.45) is 1.73. The molecular formula is C17H20N4O3. The summed E-state index contributed by atoms with van der Waals surface area (Å²) < 4.78 is 0. The molecular weight excluding hydrogens is 308 g/mol. The lowest BCUT2D eigenvalue weighted by Gasteiger charge is -2.15. The number of hydrazone groups is 1. The lowest BCUT2D eigenvalue weighted by Crippen LogP contribution is -2.40. The minimum atomic E-state index is -0.915. The van der Waals surface area contributed by atoms with Crippen LogP contribution in [-0.2, 0) is 16.0 Å². The summed E-state index contributed by atoms with van der Waals surface area (Å²) in [5, 5.41) is 6.77. The zero-order chi connectivity index (χ0) is 17.3. The molecule has 1 saturated heterocycles. The molecule has 1 heterocycles. The lowest BCUT2D eigenvalue weighted by atomic mass is 10.1. The first kappa shape index (κ1) is 16.2. The first-order valence-corrected chi connectivity index (χ1v) is 7.96. The number of amides is 4. The number of carbonyl (C=O) groups is 3. The summed E-state index contributed by atoms with van der Waals surface area (Å²) in [5.41, 5.74) is 4.75. The molecule has 1 aliphatic carbocycles. The first-order chi connectivity index (χ1) is 11.4. The van der Waals surface area contributed by atoms with Crippen molar-refractivity contribution in [3.63, 3.8) is 0 Å². The Bertz CT molecular complexity index is 739. The average molecular weight is 328 g/mol. The van der Waals surface area contributed by atoms with E-state index in [1.54, 1.807) is 13.8 Å². The Morgan fingerprint density at radius 3 is 2.75 bits per heavy atom. The Morgan fingerprint density at radius 2 is 2.04 bits per heavy atom. The van der Waals surface area contributed by atoms with E-state index in [9.17, 15) is 14.4 Å². The number of rotatable bonds is 4. The van der Waals surface area contributed by atoms with Gasteiger partial charge in [0.15, 0.2) is 0 Å². The fourth-order valence-corrected chi connectivity index (χ4v) is 2.94. The van der Waals surface area contributed by atoms with Gasteiger partial charge in [-0.25, -0.2) is 10.2 Å². The molecule has 0 spiro atoms. The third-order valence-electron chi connectivity index (χ3n) is 4.28. The van der Waals surface area contributed by atoms with Crippen molar-refractivity contribution in [2.24, 2.45) is 5.10 Å². The molecule has 2 N–H and O–H groups in total. The van der Waals surface area contributed by atoms with E-state index in [4.69, 9.17) is 0 Å². The average Bonchev–Trinajstić information content (AvgIpc) is 3.03. The van der Waals surface area contributed by atoms with Crippen molar-refractivity contribution in [1.29, 1.82) is 0 Å². The normalized spacial score (nSPS) is 20.2. The van der Waals surface area contributed by atoms with Crippen LogP contribution in [0.25, 0.3) is 0 Å². The molecule has 1 aromatic carbocycles. The molecule has 3 rings (SSSR count). The van der Waals surface area contributed by atoms with E-state index < -0.39 is 11.6 Å². The zero-order valence-corrected chi connectivity index (χ0v) is 13.8. The van der Waals surface area contributed by atoms with Gasteiger partial charge in [-0.2, -0.15) is 5.10 Å². The molecule has 0 aromatic heterocycles. The number of urea groups is 1. The molecule has 1 aromatic rings. The maximum Gasteiger partial charge on any atom is 0.325 e. The van der Waals surface area contributed by atoms with Crippen molar-refractivity contribution < 1.29 is 14.4 Å². The molecule has 0 atom stereocenters. The van der Waals surface area contributed by atoms with E-state index in [1.165, 1.54) is 5.56 Å². The lowest BCUT2D eigenvalue weighted by molar-refractivity contribution is -0.130. The standard InChI is InChI=1S/C17H20N4O3/c1-17(2)15(23)21(16(24)18-17)10-9-14(22)20-19-13-8-7-11-5-3-4-6-12(11)13/h3-6H,7-10H2,1-2H3,(H,18,24)(H,20,22)/b19-13-. The second-order valence-corrected chi connectivity index (χ2v) is 6.51. The number of aryl methyl sites for hydroxylation is 1. The molecule has 2 aliphatic rings. The van der Waals surface area contributed by atoms with E-state index in [0.29, 0.717) is 0 Å². The minimum absolute atomic E-state index is 0.0215. The summed E-state index contributed by atoms with van der Waals surface area (Å²) in [7, 11) is 0. The smallest absolute Gasteiger partial charge is 0.324 e. The number of benzene rings is 1. The van der Waals surface area contributed by atoms with Crippen LogP contribution in [0.5, 0.6) is 0 Å². The number of hydrogen-bond donors (Lipinski definition) is 2. The van der Waals surface area contributed by atoms with Crippen molar-refractivity contribution in [3.05, 3.63) is 35.4 Å². The summed E-state index contributed by atoms with van der Waals surface area (Å²) in [5.74, 6) is -0.645. The quantitative estimate of drug-likeness (QED) is 0.642. The molecule has 126 valence electrons. The van der Waals surface area contributed by atoms with Crippen LogP contribution in [0.1, 0.15) is 37.8 Å². The zero-order valence-electron chi connectivity index (χ0n) is 13.8. The van der Waals surface area contributed by atoms with Gasteiger partial charge in [0, 0.05) is 18.5 Å². The third-order valence-corrected chi connectivity index (χ3v) is 4.28. The second kappa shape index (κ2) is 6.07. The van der Waals surface area contributed by atoms with E-state index in [1.807, 2.05) is 18.2 Å². The maximum atomic E-state index is 12.0. The van der Waals surface area contributed by atoms with Crippen LogP contribution in [-0.4, -0.2) is 40.5 Å². The molecule has 7 heteroatoms. The second-order valence-electron chi connectivity index (χ2n) is 6.51. The minimum Gasteiger partial charge on any atom is -0.324 e. The van der Waals surface area contributed by atoms with Gasteiger partial charge in [0.1, 0.15) is 5.54 Å². The van der Waals surface area contributed by atoms with Gasteiger partial charge in [0.05, 0.1) is 5.71 Å². The molecule has 7 nitrogen and oxygen atoms in total. The Morgan fingerprint density at radius 1 is 1.29 bits per heavy atom. The van der Waals surface area contributed by atoms with Crippen LogP contribution in [0.15, 0.2) is 29.4 Å². The van der Waals surface area contributed by atoms with Crippen LogP contribution >= 0.6 is 0 Å². The van der Waals surface area contributed by atoms with E-state index in [0.717, 1.165) is 29.0 Å². The highest BCUT2D eigenvalue weighted by Crippen LogP contribution is 2.21. The largest absolute Gasteiger partial charge is 0.325 e. The number of nitrogens with zero attached hydrogens (tertiary/aromatic N) is 2. The summed E-state index contributed by atoms with van der Waals surface area (Å²) in [6.45, 7) is 3.31. The summed E-state index contributed by atoms with van der Waals surface area (Å²) in [6, 6.07) is 7.51. The summed E-state index contributed by atoms with van der Waals surface area (Å²) >= 11 is 0. The molecule has 1 fully saturated rings. The van der Waals surface area contributed by atoms with Gasteiger partial charge in [-0.05, 0) is 32.3 Å². The SMILES string of the molecule is CC1(C)NC(=O)N(CCC(=O)N/N=C2/CCc3ccccc32)C1=O. The van der Waals surface area contributed by atoms with Crippen LogP contribution < -0.4 is 10.7 Å². The fourth-order valence-electron chi connectivity index (χ4n) is 2.94. The Hall–Kier alpha value is -2.70. The first-order valence-electron chi connectivity index (χ1n) is 7.96. The highest BCUT2D eigenvalue weighted by molar-refractivity contribution is 6.07. The van der Waals surface area contributed by atoms with Crippen molar-refractivity contribution in [2.75, 3.05) is 6.54 Å². The molecule has 0 bridgehead atoms. The maximum absolute atomic E-state index is 12.0. The topological polar surface area (TPSA) is 90.9 Å². The van der Waals surface area contributed by atoms with E-state index in [-0.39, 0.29) is 24.8 Å². The molecule has 0 unspecified atom stereocenters. The van der Waals surface area contributed by atoms with Crippen molar-refractivity contribution in [3.8, 4) is 0 Å². The number of hydrogen-bond acceptors (Lipinski definition) is 4. The molecule has 0 saturated carbocycles. The number of fused-ring (bicyclic) bond motifs is 1. The van der Waals surface area contributed by atoms with E-state index >= 15 is 0 Å². The Labute approximate surface area is 140 Å².